The summed E-state index contributed by atoms with van der Waals surface area (Å²) >= 11 is 27.3. The number of hydrogen-bond acceptors (Lipinski definition) is 16. The zero-order valence-corrected chi connectivity index (χ0v) is 41.8. The molecule has 0 radical (unpaired) electrons. The highest BCUT2D eigenvalue weighted by molar-refractivity contribution is 7.99. The zero-order valence-electron chi connectivity index (χ0n) is 38.0. The van der Waals surface area contributed by atoms with Crippen LogP contribution in [0.25, 0.3) is 0 Å². The molecule has 10 atom stereocenters. The zero-order chi connectivity index (χ0) is 50.2. The van der Waals surface area contributed by atoms with E-state index in [0.29, 0.717) is 5.75 Å². The van der Waals surface area contributed by atoms with E-state index in [1.165, 1.54) is 23.9 Å². The maximum absolute atomic E-state index is 14.8. The smallest absolute Gasteiger partial charge is 0.338 e. The molecular formula is C49H47Cl4NO15S. The van der Waals surface area contributed by atoms with Gasteiger partial charge in [0.15, 0.2) is 30.7 Å². The number of nitrogens with zero attached hydrogens (tertiary/aromatic N) is 1. The summed E-state index contributed by atoms with van der Waals surface area (Å²) in [6.45, 7) is 4.71. The quantitative estimate of drug-likeness (QED) is 0.0304. The molecule has 2 fully saturated rings. The molecule has 0 aromatic heterocycles. The summed E-state index contributed by atoms with van der Waals surface area (Å²) < 4.78 is 56.3. The third kappa shape index (κ3) is 12.1. The van der Waals surface area contributed by atoms with E-state index in [-0.39, 0.29) is 63.2 Å². The molecule has 0 N–H and O–H groups in total. The van der Waals surface area contributed by atoms with Crippen molar-refractivity contribution < 1.29 is 71.4 Å². The summed E-state index contributed by atoms with van der Waals surface area (Å²) in [5.74, 6) is -5.04. The minimum atomic E-state index is -1.78. The molecule has 4 aromatic carbocycles. The second-order valence-corrected chi connectivity index (χ2v) is 19.0. The van der Waals surface area contributed by atoms with Crippen molar-refractivity contribution in [2.24, 2.45) is 0 Å². The molecule has 21 heteroatoms. The first kappa shape index (κ1) is 53.0. The van der Waals surface area contributed by atoms with Crippen LogP contribution < -0.4 is 0 Å². The molecule has 372 valence electrons. The molecule has 70 heavy (non-hydrogen) atoms. The summed E-state index contributed by atoms with van der Waals surface area (Å²) in [6.07, 6.45) is -12.3. The van der Waals surface area contributed by atoms with Crippen molar-refractivity contribution in [1.29, 1.82) is 0 Å². The molecule has 3 aliphatic heterocycles. The number of esters is 4. The van der Waals surface area contributed by atoms with Crippen molar-refractivity contribution in [3.05, 3.63) is 139 Å². The molecule has 0 bridgehead atoms. The van der Waals surface area contributed by atoms with E-state index >= 15 is 0 Å². The molecule has 7 rings (SSSR count). The number of hydrogen-bond donors (Lipinski definition) is 0. The highest BCUT2D eigenvalue weighted by Gasteiger charge is 2.60. The van der Waals surface area contributed by atoms with Crippen LogP contribution in [0, 0.1) is 0 Å². The number of ether oxygens (including phenoxy) is 9. The lowest BCUT2D eigenvalue weighted by Crippen LogP contribution is -2.69. The highest BCUT2D eigenvalue weighted by Crippen LogP contribution is 2.48. The minimum absolute atomic E-state index is 0.0718. The van der Waals surface area contributed by atoms with Crippen molar-refractivity contribution in [2.75, 3.05) is 19.0 Å². The maximum atomic E-state index is 14.8. The molecule has 0 aliphatic carbocycles. The van der Waals surface area contributed by atoms with Gasteiger partial charge >= 0.3 is 23.9 Å². The first-order valence-electron chi connectivity index (χ1n) is 21.9. The predicted molar refractivity (Wildman–Crippen MR) is 256 cm³/mol. The number of rotatable bonds is 18. The van der Waals surface area contributed by atoms with Gasteiger partial charge in [0.25, 0.3) is 11.8 Å². The largest absolute Gasteiger partial charge is 0.456 e. The van der Waals surface area contributed by atoms with Gasteiger partial charge in [-0.3, -0.25) is 28.9 Å². The van der Waals surface area contributed by atoms with Crippen molar-refractivity contribution in [1.82, 2.24) is 4.90 Å². The number of halogens is 4. The molecule has 3 aliphatic rings. The molecule has 3 heterocycles. The van der Waals surface area contributed by atoms with Gasteiger partial charge in [-0.25, -0.2) is 4.79 Å². The molecule has 16 nitrogen and oxygen atoms in total. The van der Waals surface area contributed by atoms with Gasteiger partial charge in [-0.05, 0) is 29.0 Å². The van der Waals surface area contributed by atoms with Gasteiger partial charge in [0.05, 0.1) is 63.2 Å². The van der Waals surface area contributed by atoms with Crippen LogP contribution in [0.1, 0.15) is 69.9 Å². The Kier molecular flexibility index (Phi) is 18.2. The topological polar surface area (TPSA) is 189 Å². The second kappa shape index (κ2) is 24.1. The van der Waals surface area contributed by atoms with Crippen LogP contribution in [-0.2, 0) is 70.2 Å². The van der Waals surface area contributed by atoms with E-state index in [4.69, 9.17) is 89.0 Å². The number of fused-ring (bicyclic) bond motifs is 1. The van der Waals surface area contributed by atoms with E-state index < -0.39 is 96.2 Å². The number of carbonyl (C=O) groups is 6. The van der Waals surface area contributed by atoms with Gasteiger partial charge in [0.2, 0.25) is 0 Å². The van der Waals surface area contributed by atoms with E-state index in [1.54, 1.807) is 18.2 Å². The normalized spacial score (nSPS) is 25.2. The summed E-state index contributed by atoms with van der Waals surface area (Å²) in [6, 6.07) is 24.7. The molecule has 0 unspecified atom stereocenters. The Balaban J connectivity index is 1.37. The molecular weight excluding hydrogens is 1020 g/mol. The summed E-state index contributed by atoms with van der Waals surface area (Å²) in [4.78, 5) is 83.4. The van der Waals surface area contributed by atoms with E-state index in [1.807, 2.05) is 67.6 Å². The summed E-state index contributed by atoms with van der Waals surface area (Å²) in [7, 11) is 0. The van der Waals surface area contributed by atoms with Crippen LogP contribution in [0.15, 0.2) is 91.0 Å². The first-order valence-corrected chi connectivity index (χ1v) is 24.5. The van der Waals surface area contributed by atoms with Gasteiger partial charge in [-0.15, -0.1) is 11.8 Å². The van der Waals surface area contributed by atoms with Gasteiger partial charge in [0, 0.05) is 20.8 Å². The average molecular weight is 1060 g/mol. The summed E-state index contributed by atoms with van der Waals surface area (Å²) in [5, 5.41) is -1.25. The molecule has 4 aromatic rings. The lowest BCUT2D eigenvalue weighted by atomic mass is 9.94. The number of benzene rings is 4. The van der Waals surface area contributed by atoms with Crippen LogP contribution in [0.2, 0.25) is 20.1 Å². The summed E-state index contributed by atoms with van der Waals surface area (Å²) in [5.41, 5.74) is -0.216. The van der Waals surface area contributed by atoms with Crippen LogP contribution in [0.3, 0.4) is 0 Å². The third-order valence-electron chi connectivity index (χ3n) is 11.2. The van der Waals surface area contributed by atoms with E-state index in [2.05, 4.69) is 0 Å². The van der Waals surface area contributed by atoms with Crippen LogP contribution >= 0.6 is 58.2 Å². The number of carbonyl (C=O) groups excluding carboxylic acids is 6. The Morgan fingerprint density at radius 3 is 1.51 bits per heavy atom. The average Bonchev–Trinajstić information content (AvgIpc) is 3.59. The Morgan fingerprint density at radius 1 is 0.571 bits per heavy atom. The van der Waals surface area contributed by atoms with Gasteiger partial charge in [0.1, 0.15) is 29.8 Å². The van der Waals surface area contributed by atoms with Crippen LogP contribution in [0.4, 0.5) is 0 Å². The molecule has 2 saturated heterocycles. The molecule has 2 amide bonds. The Labute approximate surface area is 427 Å². The Hall–Kier alpha value is -4.79. The number of amides is 2. The Bertz CT molecular complexity index is 2500. The second-order valence-electron chi connectivity index (χ2n) is 16.1. The third-order valence-corrected chi connectivity index (χ3v) is 14.1. The number of imide groups is 1. The Morgan fingerprint density at radius 2 is 1.03 bits per heavy atom. The minimum Gasteiger partial charge on any atom is -0.456 e. The maximum Gasteiger partial charge on any atom is 0.338 e. The van der Waals surface area contributed by atoms with Crippen LogP contribution in [-0.4, -0.2) is 120 Å². The fourth-order valence-electron chi connectivity index (χ4n) is 8.29. The predicted octanol–water partition coefficient (Wildman–Crippen LogP) is 8.31. The first-order chi connectivity index (χ1) is 33.6. The van der Waals surface area contributed by atoms with Crippen molar-refractivity contribution in [3.8, 4) is 0 Å². The van der Waals surface area contributed by atoms with Crippen molar-refractivity contribution in [2.45, 2.75) is 101 Å². The standard InChI is InChI=1S/C49H47Cl4NO15S/c1-5-70-49-39(54-45(58)33-34(46(54)59)36(51)38(53)37(52)35(33)50)42(68-47(60)30-19-13-8-14-20-30)40(32(67-49)24-62-22-29-17-11-7-12-18-29)69-48-44(65-27(4)57)43(64-26(3)56)41(63-25(2)55)31(66-48)23-61-21-28-15-9-6-10-16-28/h6-20,31-32,39-44,48-49H,5,21-24H2,1-4H3/t31-,32-,39-,40-,41+,42-,43+,44-,48+,49+/m1/s1. The van der Waals surface area contributed by atoms with Gasteiger partial charge in [-0.2, -0.15) is 0 Å². The van der Waals surface area contributed by atoms with Crippen LogP contribution in [0.5, 0.6) is 0 Å². The van der Waals surface area contributed by atoms with E-state index in [0.717, 1.165) is 36.8 Å². The molecule has 0 saturated carbocycles. The van der Waals surface area contributed by atoms with Crippen molar-refractivity contribution in [3.63, 3.8) is 0 Å². The highest BCUT2D eigenvalue weighted by atomic mass is 35.5. The van der Waals surface area contributed by atoms with Gasteiger partial charge in [-0.1, -0.05) is 132 Å². The molecule has 0 spiro atoms. The lowest BCUT2D eigenvalue weighted by Gasteiger charge is -2.50. The van der Waals surface area contributed by atoms with Crippen molar-refractivity contribution >= 4 is 93.9 Å². The SMILES string of the molecule is CCS[C@@H]1O[C@H](COCc2ccccc2)[C@@H](O[C@@H]2O[C@H](COCc3ccccc3)[C@H](OC(C)=O)[C@H](OC(C)=O)[C@H]2OC(C)=O)[C@H](OC(=O)c2ccccc2)[C@H]1N1C(=O)c2c(Cl)c(Cl)c(Cl)c(Cl)c2C1=O. The van der Waals surface area contributed by atoms with E-state index in [9.17, 15) is 28.8 Å². The fraction of sp³-hybridized carbons (Fsp3) is 0.388. The van der Waals surface area contributed by atoms with Gasteiger partial charge < -0.3 is 42.6 Å². The number of thioether (sulfide) groups is 1. The monoisotopic (exact) mass is 1060 g/mol. The fourth-order valence-corrected chi connectivity index (χ4v) is 10.3. The lowest BCUT2D eigenvalue weighted by molar-refractivity contribution is -0.338.